The number of aliphatic imine (C=N–C) groups is 1. The number of carbonyl (C=O) groups is 4. The number of carbonyl (C=O) groups excluding carboxylic acids is 3. The molecule has 13 nitrogen and oxygen atoms in total. The van der Waals surface area contributed by atoms with Gasteiger partial charge in [-0.2, -0.15) is 9.98 Å². The number of carboxylic acids is 1. The zero-order valence-corrected chi connectivity index (χ0v) is 29.3. The number of amides is 3. The Balaban J connectivity index is 1.19. The van der Waals surface area contributed by atoms with Crippen molar-refractivity contribution < 1.29 is 33.8 Å². The highest BCUT2D eigenvalue weighted by molar-refractivity contribution is 7.17. The molecule has 0 bridgehead atoms. The molecule has 2 aliphatic heterocycles. The van der Waals surface area contributed by atoms with Gasteiger partial charge in [0, 0.05) is 24.8 Å². The van der Waals surface area contributed by atoms with Gasteiger partial charge in [0.2, 0.25) is 17.7 Å². The number of aliphatic carboxylic acids is 1. The normalized spacial score (nSPS) is 28.1. The Morgan fingerprint density at radius 2 is 1.92 bits per heavy atom. The zero-order valence-electron chi connectivity index (χ0n) is 28.5. The number of fused-ring (bicyclic) bond motifs is 3. The number of hydrogen-bond donors (Lipinski definition) is 2. The van der Waals surface area contributed by atoms with Crippen LogP contribution in [-0.2, 0) is 19.1 Å². The molecule has 268 valence electrons. The number of aryl methyl sites for hydroxylation is 1. The van der Waals surface area contributed by atoms with E-state index in [0.717, 1.165) is 60.7 Å². The van der Waals surface area contributed by atoms with Crippen LogP contribution >= 0.6 is 11.3 Å². The first-order valence-electron chi connectivity index (χ1n) is 17.8. The van der Waals surface area contributed by atoms with Crippen LogP contribution in [0.3, 0.4) is 0 Å². The number of nitrogens with one attached hydrogen (secondary N) is 1. The van der Waals surface area contributed by atoms with Crippen molar-refractivity contribution in [3.63, 3.8) is 0 Å². The Morgan fingerprint density at radius 1 is 1.10 bits per heavy atom. The van der Waals surface area contributed by atoms with Crippen molar-refractivity contribution in [2.24, 2.45) is 16.8 Å². The average Bonchev–Trinajstić information content (AvgIpc) is 3.49. The molecule has 5 heterocycles. The lowest BCUT2D eigenvalue weighted by atomic mass is 9.99. The number of ether oxygens (including phenoxy) is 2. The van der Waals surface area contributed by atoms with Crippen LogP contribution in [0.15, 0.2) is 46.9 Å². The maximum Gasteiger partial charge on any atom is 0.433 e. The predicted molar refractivity (Wildman–Crippen MR) is 189 cm³/mol. The maximum atomic E-state index is 14.4. The molecule has 5 atom stereocenters. The molecule has 2 aliphatic carbocycles. The lowest BCUT2D eigenvalue weighted by molar-refractivity contribution is -0.145. The molecule has 1 unspecified atom stereocenters. The third-order valence-corrected chi connectivity index (χ3v) is 11.4. The number of rotatable bonds is 6. The molecule has 2 N–H and O–H groups in total. The second-order valence-corrected chi connectivity index (χ2v) is 14.8. The van der Waals surface area contributed by atoms with Gasteiger partial charge in [-0.3, -0.25) is 14.6 Å². The van der Waals surface area contributed by atoms with E-state index in [1.165, 1.54) is 22.5 Å². The molecule has 3 aromatic heterocycles. The number of nitrogens with zero attached hydrogens (tertiary/aromatic N) is 5. The summed E-state index contributed by atoms with van der Waals surface area (Å²) in [6.07, 6.45) is 12.9. The summed E-state index contributed by atoms with van der Waals surface area (Å²) in [7, 11) is 0. The van der Waals surface area contributed by atoms with E-state index in [9.17, 15) is 24.3 Å². The molecule has 1 saturated heterocycles. The Labute approximate surface area is 299 Å². The van der Waals surface area contributed by atoms with Gasteiger partial charge < -0.3 is 24.8 Å². The lowest BCUT2D eigenvalue weighted by Crippen LogP contribution is -2.53. The van der Waals surface area contributed by atoms with Gasteiger partial charge in [0.25, 0.3) is 0 Å². The third-order valence-electron chi connectivity index (χ3n) is 10.3. The minimum atomic E-state index is -1.43. The van der Waals surface area contributed by atoms with Crippen molar-refractivity contribution in [1.82, 2.24) is 25.2 Å². The van der Waals surface area contributed by atoms with Crippen molar-refractivity contribution in [3.8, 4) is 17.4 Å². The summed E-state index contributed by atoms with van der Waals surface area (Å²) >= 11 is 1.44. The van der Waals surface area contributed by atoms with Crippen molar-refractivity contribution in [1.29, 1.82) is 0 Å². The van der Waals surface area contributed by atoms with E-state index in [0.29, 0.717) is 30.2 Å². The van der Waals surface area contributed by atoms with E-state index in [2.05, 4.69) is 15.3 Å². The second-order valence-electron chi connectivity index (χ2n) is 14.0. The van der Waals surface area contributed by atoms with Crippen molar-refractivity contribution in [2.75, 3.05) is 6.54 Å². The number of thiophene rings is 1. The fourth-order valence-corrected chi connectivity index (χ4v) is 8.28. The summed E-state index contributed by atoms with van der Waals surface area (Å²) in [6, 6.07) is 4.45. The predicted octanol–water partition coefficient (Wildman–Crippen LogP) is 5.66. The molecule has 4 aliphatic rings. The van der Waals surface area contributed by atoms with Gasteiger partial charge in [-0.25, -0.2) is 14.6 Å². The third kappa shape index (κ3) is 7.51. The fraction of sp³-hybridized carbons (Fsp3) is 0.514. The second kappa shape index (κ2) is 14.9. The van der Waals surface area contributed by atoms with Crippen LogP contribution in [0.25, 0.3) is 21.7 Å². The molecule has 14 heteroatoms. The monoisotopic (exact) mass is 714 g/mol. The largest absolute Gasteiger partial charge is 0.479 e. The molecule has 0 aromatic carbocycles. The summed E-state index contributed by atoms with van der Waals surface area (Å²) in [4.78, 5) is 73.0. The highest BCUT2D eigenvalue weighted by Gasteiger charge is 2.61. The highest BCUT2D eigenvalue weighted by Crippen LogP contribution is 2.45. The van der Waals surface area contributed by atoms with Crippen LogP contribution < -0.4 is 10.1 Å². The highest BCUT2D eigenvalue weighted by atomic mass is 32.1. The van der Waals surface area contributed by atoms with Gasteiger partial charge in [0.05, 0.1) is 18.0 Å². The van der Waals surface area contributed by atoms with E-state index in [1.807, 2.05) is 42.7 Å². The van der Waals surface area contributed by atoms with Crippen molar-refractivity contribution in [3.05, 3.63) is 47.5 Å². The first-order chi connectivity index (χ1) is 24.7. The molecule has 3 amide bonds. The van der Waals surface area contributed by atoms with Crippen LogP contribution in [0, 0.1) is 18.8 Å². The Kier molecular flexibility index (Phi) is 10.1. The van der Waals surface area contributed by atoms with Crippen LogP contribution in [0.4, 0.5) is 4.79 Å². The lowest BCUT2D eigenvalue weighted by Gasteiger charge is -2.28. The minimum absolute atomic E-state index is 0.0476. The van der Waals surface area contributed by atoms with Gasteiger partial charge in [0.15, 0.2) is 5.82 Å². The molecular weight excluding hydrogens is 673 g/mol. The van der Waals surface area contributed by atoms with Gasteiger partial charge in [-0.05, 0) is 81.4 Å². The molecule has 7 rings (SSSR count). The number of carboxylic acid groups (broad SMARTS) is 1. The summed E-state index contributed by atoms with van der Waals surface area (Å²) in [6.45, 7) is 2.00. The van der Waals surface area contributed by atoms with Crippen LogP contribution in [0.5, 0.6) is 5.88 Å². The smallest absolute Gasteiger partial charge is 0.433 e. The number of hydrogen-bond acceptors (Lipinski definition) is 10. The van der Waals surface area contributed by atoms with Crippen LogP contribution in [0.1, 0.15) is 76.2 Å². The van der Waals surface area contributed by atoms with Gasteiger partial charge >= 0.3 is 12.1 Å². The van der Waals surface area contributed by atoms with E-state index < -0.39 is 41.6 Å². The van der Waals surface area contributed by atoms with E-state index >= 15 is 0 Å². The summed E-state index contributed by atoms with van der Waals surface area (Å²) in [5.41, 5.74) is 0.819. The summed E-state index contributed by atoms with van der Waals surface area (Å²) in [5.74, 6) is -2.47. The van der Waals surface area contributed by atoms with E-state index in [4.69, 9.17) is 19.4 Å². The molecule has 51 heavy (non-hydrogen) atoms. The summed E-state index contributed by atoms with van der Waals surface area (Å²) in [5, 5.41) is 15.0. The van der Waals surface area contributed by atoms with Gasteiger partial charge in [0.1, 0.15) is 34.2 Å². The fourth-order valence-electron chi connectivity index (χ4n) is 7.36. The number of aromatic nitrogens is 3. The molecule has 2 saturated carbocycles. The molecular formula is C37H42N6O7S. The SMILES string of the molecule is Cc1csc2c(O[C@@H]3C[C@H]4C(=O)N[C@]5(C(=O)O)C[C@H]5/C=C\CCCCCC(/C=N/C(=O)OC5CCCC5)C(=O)N4C3)nc(-c3ccccn3)nc12. The number of allylic oxidation sites excluding steroid dienone is 1. The standard InChI is InChI=1S/C37H42N6O7S/c1-22-21-51-30-29(22)40-31(27-15-9-10-16-38-27)41-33(30)49-26-17-28-32(44)42-37(35(46)47)18-24(37)12-6-4-2-3-5-11-23(34(45)43(28)20-26)19-39-36(48)50-25-13-7-8-14-25/h6,9-10,12,15-16,19,21,23-26,28H,2-5,7-8,11,13-14,17-18,20H2,1H3,(H,42,44)(H,46,47)/b12-6-,39-19+/t23?,24-,26-,28+,37-/m1/s1. The first kappa shape index (κ1) is 34.7. The summed E-state index contributed by atoms with van der Waals surface area (Å²) < 4.78 is 12.8. The van der Waals surface area contributed by atoms with Crippen molar-refractivity contribution >= 4 is 51.6 Å². The van der Waals surface area contributed by atoms with Gasteiger partial charge in [-0.15, -0.1) is 11.3 Å². The molecule has 3 fully saturated rings. The van der Waals surface area contributed by atoms with Gasteiger partial charge in [-0.1, -0.05) is 31.1 Å². The average molecular weight is 715 g/mol. The van der Waals surface area contributed by atoms with Crippen molar-refractivity contribution in [2.45, 2.75) is 101 Å². The first-order valence-corrected chi connectivity index (χ1v) is 18.7. The minimum Gasteiger partial charge on any atom is -0.479 e. The Morgan fingerprint density at radius 3 is 2.71 bits per heavy atom. The quantitative estimate of drug-likeness (QED) is 0.240. The molecule has 3 aromatic rings. The number of pyridine rings is 1. The molecule has 0 radical (unpaired) electrons. The van der Waals surface area contributed by atoms with Crippen LogP contribution in [0.2, 0.25) is 0 Å². The Bertz CT molecular complexity index is 1860. The zero-order chi connectivity index (χ0) is 35.5. The van der Waals surface area contributed by atoms with E-state index in [1.54, 1.807) is 6.20 Å². The maximum absolute atomic E-state index is 14.4. The molecule has 0 spiro atoms. The topological polar surface area (TPSA) is 173 Å². The van der Waals surface area contributed by atoms with Crippen LogP contribution in [-0.4, -0.2) is 85.4 Å². The Hall–Kier alpha value is -4.72. The van der Waals surface area contributed by atoms with E-state index in [-0.39, 0.29) is 37.3 Å².